The van der Waals surface area contributed by atoms with Gasteiger partial charge in [0.2, 0.25) is 11.8 Å². The topological polar surface area (TPSA) is 58.2 Å². The molecule has 126 valence electrons. The predicted octanol–water partition coefficient (Wildman–Crippen LogP) is 3.27. The Balaban J connectivity index is 1.89. The average molecular weight is 345 g/mol. The van der Waals surface area contributed by atoms with Crippen molar-refractivity contribution in [3.8, 4) is 0 Å². The van der Waals surface area contributed by atoms with E-state index in [9.17, 15) is 9.59 Å². The van der Waals surface area contributed by atoms with Crippen molar-refractivity contribution < 1.29 is 9.59 Å². The predicted molar refractivity (Wildman–Crippen MR) is 95.8 cm³/mol. The summed E-state index contributed by atoms with van der Waals surface area (Å²) in [4.78, 5) is 23.6. The van der Waals surface area contributed by atoms with Gasteiger partial charge in [-0.05, 0) is 29.7 Å². The molecule has 0 aliphatic rings. The average Bonchev–Trinajstić information content (AvgIpc) is 2.55. The van der Waals surface area contributed by atoms with E-state index in [1.807, 2.05) is 42.5 Å². The standard InChI is InChI=1S/C19H21ClN2O2/c1-14(23)22-18(16-7-9-17(20)10-8-16)13-19(24)21-12-11-15-5-3-2-4-6-15/h2-10,18H,11-13H2,1H3,(H,21,24)(H,22,23)/t18-/m0/s1. The van der Waals surface area contributed by atoms with E-state index < -0.39 is 0 Å². The molecular formula is C19H21ClN2O2. The molecule has 4 nitrogen and oxygen atoms in total. The molecule has 0 heterocycles. The summed E-state index contributed by atoms with van der Waals surface area (Å²) in [7, 11) is 0. The van der Waals surface area contributed by atoms with E-state index in [-0.39, 0.29) is 24.3 Å². The van der Waals surface area contributed by atoms with Gasteiger partial charge in [-0.25, -0.2) is 0 Å². The van der Waals surface area contributed by atoms with Crippen LogP contribution in [0.25, 0.3) is 0 Å². The van der Waals surface area contributed by atoms with Gasteiger partial charge in [-0.3, -0.25) is 9.59 Å². The fourth-order valence-corrected chi connectivity index (χ4v) is 2.57. The van der Waals surface area contributed by atoms with E-state index in [2.05, 4.69) is 10.6 Å². The molecule has 1 atom stereocenters. The molecule has 0 radical (unpaired) electrons. The fourth-order valence-electron chi connectivity index (χ4n) is 2.44. The smallest absolute Gasteiger partial charge is 0.222 e. The van der Waals surface area contributed by atoms with E-state index >= 15 is 0 Å². The number of halogens is 1. The first kappa shape index (κ1) is 18.0. The van der Waals surface area contributed by atoms with Crippen molar-refractivity contribution >= 4 is 23.4 Å². The van der Waals surface area contributed by atoms with Crippen LogP contribution in [0.15, 0.2) is 54.6 Å². The third-order valence-corrected chi connectivity index (χ3v) is 3.87. The van der Waals surface area contributed by atoms with Crippen molar-refractivity contribution in [2.75, 3.05) is 6.54 Å². The van der Waals surface area contributed by atoms with Gasteiger partial charge in [0, 0.05) is 18.5 Å². The second kappa shape index (κ2) is 9.08. The van der Waals surface area contributed by atoms with Crippen LogP contribution in [0.1, 0.15) is 30.5 Å². The van der Waals surface area contributed by atoms with E-state index in [4.69, 9.17) is 11.6 Å². The number of rotatable bonds is 7. The molecule has 0 fully saturated rings. The fraction of sp³-hybridized carbons (Fsp3) is 0.263. The highest BCUT2D eigenvalue weighted by atomic mass is 35.5. The van der Waals surface area contributed by atoms with Crippen LogP contribution in [0.5, 0.6) is 0 Å². The molecule has 0 saturated heterocycles. The van der Waals surface area contributed by atoms with Crippen LogP contribution in [0.2, 0.25) is 5.02 Å². The van der Waals surface area contributed by atoms with Gasteiger partial charge in [-0.1, -0.05) is 54.1 Å². The molecule has 0 aliphatic heterocycles. The summed E-state index contributed by atoms with van der Waals surface area (Å²) < 4.78 is 0. The highest BCUT2D eigenvalue weighted by Gasteiger charge is 2.16. The third-order valence-electron chi connectivity index (χ3n) is 3.62. The van der Waals surface area contributed by atoms with Crippen LogP contribution in [-0.2, 0) is 16.0 Å². The SMILES string of the molecule is CC(=O)N[C@@H](CC(=O)NCCc1ccccc1)c1ccc(Cl)cc1. The lowest BCUT2D eigenvalue weighted by Crippen LogP contribution is -2.33. The maximum atomic E-state index is 12.2. The zero-order chi connectivity index (χ0) is 17.4. The van der Waals surface area contributed by atoms with Gasteiger partial charge in [0.25, 0.3) is 0 Å². The third kappa shape index (κ3) is 6.05. The molecule has 24 heavy (non-hydrogen) atoms. The normalized spacial score (nSPS) is 11.6. The summed E-state index contributed by atoms with van der Waals surface area (Å²) in [6.45, 7) is 2.01. The number of nitrogens with one attached hydrogen (secondary N) is 2. The lowest BCUT2D eigenvalue weighted by atomic mass is 10.0. The van der Waals surface area contributed by atoms with Crippen LogP contribution in [0.3, 0.4) is 0 Å². The summed E-state index contributed by atoms with van der Waals surface area (Å²) in [5, 5.41) is 6.33. The van der Waals surface area contributed by atoms with Gasteiger partial charge in [0.05, 0.1) is 12.5 Å². The van der Waals surface area contributed by atoms with Crippen molar-refractivity contribution in [2.24, 2.45) is 0 Å². The Morgan fingerprint density at radius 2 is 1.71 bits per heavy atom. The quantitative estimate of drug-likeness (QED) is 0.810. The first-order valence-corrected chi connectivity index (χ1v) is 8.25. The summed E-state index contributed by atoms with van der Waals surface area (Å²) in [5.41, 5.74) is 2.03. The van der Waals surface area contributed by atoms with Gasteiger partial charge >= 0.3 is 0 Å². The van der Waals surface area contributed by atoms with Gasteiger partial charge < -0.3 is 10.6 Å². The summed E-state index contributed by atoms with van der Waals surface area (Å²) in [5.74, 6) is -0.272. The first-order valence-electron chi connectivity index (χ1n) is 7.88. The molecule has 0 spiro atoms. The summed E-state index contributed by atoms with van der Waals surface area (Å²) in [6.07, 6.45) is 0.967. The molecule has 2 N–H and O–H groups in total. The zero-order valence-electron chi connectivity index (χ0n) is 13.6. The Morgan fingerprint density at radius 3 is 2.33 bits per heavy atom. The van der Waals surface area contributed by atoms with E-state index in [1.54, 1.807) is 12.1 Å². The van der Waals surface area contributed by atoms with Crippen molar-refractivity contribution in [1.82, 2.24) is 10.6 Å². The number of benzene rings is 2. The highest BCUT2D eigenvalue weighted by molar-refractivity contribution is 6.30. The maximum Gasteiger partial charge on any atom is 0.222 e. The van der Waals surface area contributed by atoms with Crippen LogP contribution >= 0.6 is 11.6 Å². The molecule has 2 amide bonds. The number of carbonyl (C=O) groups excluding carboxylic acids is 2. The van der Waals surface area contributed by atoms with Crippen LogP contribution in [-0.4, -0.2) is 18.4 Å². The van der Waals surface area contributed by atoms with E-state index in [1.165, 1.54) is 12.5 Å². The molecule has 0 bridgehead atoms. The second-order valence-corrected chi connectivity index (χ2v) is 6.03. The Labute approximate surface area is 147 Å². The molecular weight excluding hydrogens is 324 g/mol. The summed E-state index contributed by atoms with van der Waals surface area (Å²) in [6, 6.07) is 16.7. The van der Waals surface area contributed by atoms with Gasteiger partial charge in [-0.15, -0.1) is 0 Å². The summed E-state index contributed by atoms with van der Waals surface area (Å²) >= 11 is 5.89. The largest absolute Gasteiger partial charge is 0.356 e. The zero-order valence-corrected chi connectivity index (χ0v) is 14.3. The number of hydrogen-bond acceptors (Lipinski definition) is 2. The van der Waals surface area contributed by atoms with Crippen molar-refractivity contribution in [3.63, 3.8) is 0 Å². The molecule has 0 saturated carbocycles. The molecule has 2 aromatic carbocycles. The highest BCUT2D eigenvalue weighted by Crippen LogP contribution is 2.19. The minimum Gasteiger partial charge on any atom is -0.356 e. The molecule has 2 rings (SSSR count). The molecule has 2 aromatic rings. The van der Waals surface area contributed by atoms with Gasteiger partial charge in [-0.2, -0.15) is 0 Å². The van der Waals surface area contributed by atoms with Crippen molar-refractivity contribution in [2.45, 2.75) is 25.8 Å². The Bertz CT molecular complexity index is 672. The maximum absolute atomic E-state index is 12.2. The van der Waals surface area contributed by atoms with Gasteiger partial charge in [0.15, 0.2) is 0 Å². The van der Waals surface area contributed by atoms with Gasteiger partial charge in [0.1, 0.15) is 0 Å². The second-order valence-electron chi connectivity index (χ2n) is 5.59. The minimum absolute atomic E-state index is 0.0976. The molecule has 5 heteroatoms. The molecule has 0 aliphatic carbocycles. The lowest BCUT2D eigenvalue weighted by molar-refractivity contribution is -0.122. The van der Waals surface area contributed by atoms with Crippen LogP contribution in [0, 0.1) is 0 Å². The van der Waals surface area contributed by atoms with Crippen LogP contribution in [0.4, 0.5) is 0 Å². The first-order chi connectivity index (χ1) is 11.5. The Kier molecular flexibility index (Phi) is 6.82. The van der Waals surface area contributed by atoms with Crippen LogP contribution < -0.4 is 10.6 Å². The molecule has 0 unspecified atom stereocenters. The number of hydrogen-bond donors (Lipinski definition) is 2. The van der Waals surface area contributed by atoms with E-state index in [0.29, 0.717) is 11.6 Å². The minimum atomic E-state index is -0.364. The monoisotopic (exact) mass is 344 g/mol. The van der Waals surface area contributed by atoms with E-state index in [0.717, 1.165) is 12.0 Å². The molecule has 0 aromatic heterocycles. The number of amides is 2. The van der Waals surface area contributed by atoms with Crippen molar-refractivity contribution in [3.05, 3.63) is 70.7 Å². The van der Waals surface area contributed by atoms with Crippen molar-refractivity contribution in [1.29, 1.82) is 0 Å². The Hall–Kier alpha value is -2.33. The lowest BCUT2D eigenvalue weighted by Gasteiger charge is -2.18. The number of carbonyl (C=O) groups is 2. The Morgan fingerprint density at radius 1 is 1.04 bits per heavy atom.